The molecule has 2 atom stereocenters. The number of cyclic esters (lactones) is 1. The summed E-state index contributed by atoms with van der Waals surface area (Å²) in [7, 11) is 0. The molecule has 51 heavy (non-hydrogen) atoms. The van der Waals surface area contributed by atoms with Crippen LogP contribution < -0.4 is 0 Å². The molecular weight excluding hydrogens is 707 g/mol. The van der Waals surface area contributed by atoms with Crippen molar-refractivity contribution in [1.29, 1.82) is 0 Å². The highest BCUT2D eigenvalue weighted by Gasteiger charge is 2.44. The summed E-state index contributed by atoms with van der Waals surface area (Å²) in [4.78, 5) is 25.2. The van der Waals surface area contributed by atoms with Crippen LogP contribution in [0.5, 0.6) is 0 Å². The van der Waals surface area contributed by atoms with Crippen LogP contribution in [-0.4, -0.2) is 28.1 Å². The van der Waals surface area contributed by atoms with E-state index in [2.05, 4.69) is 0 Å². The van der Waals surface area contributed by atoms with Crippen molar-refractivity contribution in [2.24, 2.45) is 0 Å². The standard InChI is InChI=1S/C35H24F11NO4/c1-15-6-18(31(48)49)4-5-24(15)25-12-26(28(37)13-27(25)36)29-16(2)7-21(33(38,39)40)10-20(29)14-47-17(3)30(51-32(47)50)19-8-22(34(41,42)43)11-23(9-19)35(44,45)46/h4-13,17,30H,14H2,1-3H3,(H,48,49)/t17-,30-/m0/s1. The van der Waals surface area contributed by atoms with Crippen molar-refractivity contribution in [2.45, 2.75) is 58.0 Å². The van der Waals surface area contributed by atoms with Crippen LogP contribution in [0.1, 0.15) is 62.3 Å². The van der Waals surface area contributed by atoms with E-state index >= 15 is 8.78 Å². The van der Waals surface area contributed by atoms with Crippen molar-refractivity contribution < 1.29 is 67.7 Å². The number of carboxylic acid groups (broad SMARTS) is 1. The number of hydrogen-bond donors (Lipinski definition) is 1. The first-order chi connectivity index (χ1) is 23.5. The molecule has 4 aromatic carbocycles. The van der Waals surface area contributed by atoms with Gasteiger partial charge in [0.2, 0.25) is 0 Å². The minimum Gasteiger partial charge on any atom is -0.478 e. The van der Waals surface area contributed by atoms with E-state index in [0.29, 0.717) is 30.3 Å². The van der Waals surface area contributed by atoms with Crippen molar-refractivity contribution in [3.8, 4) is 22.3 Å². The summed E-state index contributed by atoms with van der Waals surface area (Å²) in [5, 5.41) is 9.29. The second kappa shape index (κ2) is 12.9. The smallest absolute Gasteiger partial charge is 0.416 e. The Bertz CT molecular complexity index is 2020. The summed E-state index contributed by atoms with van der Waals surface area (Å²) in [6, 6.07) is 5.69. The predicted octanol–water partition coefficient (Wildman–Crippen LogP) is 10.8. The second-order valence-corrected chi connectivity index (χ2v) is 12.0. The first-order valence-corrected chi connectivity index (χ1v) is 14.8. The Morgan fingerprint density at radius 3 is 1.80 bits per heavy atom. The number of alkyl halides is 9. The number of nitrogens with zero attached hydrogens (tertiary/aromatic N) is 1. The Hall–Kier alpha value is -5.15. The highest BCUT2D eigenvalue weighted by molar-refractivity contribution is 5.89. The number of hydrogen-bond acceptors (Lipinski definition) is 3. The summed E-state index contributed by atoms with van der Waals surface area (Å²) < 4.78 is 159. The molecule has 1 fully saturated rings. The van der Waals surface area contributed by atoms with Gasteiger partial charge in [0.15, 0.2) is 0 Å². The summed E-state index contributed by atoms with van der Waals surface area (Å²) in [6.07, 6.45) is -18.4. The lowest BCUT2D eigenvalue weighted by Crippen LogP contribution is -2.32. The zero-order chi connectivity index (χ0) is 38.0. The quantitative estimate of drug-likeness (QED) is 0.201. The summed E-state index contributed by atoms with van der Waals surface area (Å²) in [6.45, 7) is 3.06. The van der Waals surface area contributed by atoms with E-state index in [1.807, 2.05) is 0 Å². The zero-order valence-electron chi connectivity index (χ0n) is 26.4. The van der Waals surface area contributed by atoms with Crippen molar-refractivity contribution in [1.82, 2.24) is 4.90 Å². The Labute approximate surface area is 281 Å². The van der Waals surface area contributed by atoms with Gasteiger partial charge < -0.3 is 9.84 Å². The monoisotopic (exact) mass is 731 g/mol. The number of amides is 1. The average molecular weight is 732 g/mol. The maximum Gasteiger partial charge on any atom is 0.416 e. The molecule has 5 rings (SSSR count). The van der Waals surface area contributed by atoms with Crippen LogP contribution in [0.25, 0.3) is 22.3 Å². The normalized spacial score (nSPS) is 16.8. The van der Waals surface area contributed by atoms with Gasteiger partial charge in [-0.05, 0) is 103 Å². The van der Waals surface area contributed by atoms with Gasteiger partial charge in [0.05, 0.1) is 34.8 Å². The van der Waals surface area contributed by atoms with Gasteiger partial charge in [-0.2, -0.15) is 39.5 Å². The zero-order valence-corrected chi connectivity index (χ0v) is 26.4. The number of carbonyl (C=O) groups is 2. The van der Waals surface area contributed by atoms with Gasteiger partial charge >= 0.3 is 30.6 Å². The number of rotatable bonds is 6. The number of aromatic carboxylic acids is 1. The first kappa shape index (κ1) is 37.1. The van der Waals surface area contributed by atoms with E-state index in [9.17, 15) is 54.2 Å². The highest BCUT2D eigenvalue weighted by Crippen LogP contribution is 2.44. The molecule has 0 radical (unpaired) electrons. The van der Waals surface area contributed by atoms with Gasteiger partial charge in [0.1, 0.15) is 17.7 Å². The van der Waals surface area contributed by atoms with Gasteiger partial charge in [-0.25, -0.2) is 18.4 Å². The molecule has 5 nitrogen and oxygen atoms in total. The van der Waals surface area contributed by atoms with Gasteiger partial charge in [0, 0.05) is 17.2 Å². The fourth-order valence-electron chi connectivity index (χ4n) is 6.07. The van der Waals surface area contributed by atoms with Gasteiger partial charge in [-0.1, -0.05) is 6.07 Å². The predicted molar refractivity (Wildman–Crippen MR) is 159 cm³/mol. The molecule has 0 spiro atoms. The van der Waals surface area contributed by atoms with Crippen molar-refractivity contribution in [3.63, 3.8) is 0 Å². The van der Waals surface area contributed by atoms with Crippen molar-refractivity contribution in [3.05, 3.63) is 117 Å². The molecule has 4 aromatic rings. The second-order valence-electron chi connectivity index (χ2n) is 12.0. The number of benzene rings is 4. The van der Waals surface area contributed by atoms with Crippen LogP contribution in [0.2, 0.25) is 0 Å². The van der Waals surface area contributed by atoms with Gasteiger partial charge in [-0.3, -0.25) is 4.90 Å². The molecule has 0 aromatic heterocycles. The summed E-state index contributed by atoms with van der Waals surface area (Å²) >= 11 is 0. The fraction of sp³-hybridized carbons (Fsp3) is 0.257. The number of aryl methyl sites for hydroxylation is 2. The molecule has 1 aliphatic rings. The topological polar surface area (TPSA) is 66.8 Å². The minimum absolute atomic E-state index is 0.117. The Morgan fingerprint density at radius 1 is 0.725 bits per heavy atom. The lowest BCUT2D eigenvalue weighted by molar-refractivity contribution is -0.143. The SMILES string of the molecule is Cc1cc(C(=O)O)ccc1-c1cc(-c2c(C)cc(C(F)(F)F)cc2CN2C(=O)O[C@H](c3cc(C(F)(F)F)cc(C(F)(F)F)c3)[C@@H]2C)c(F)cc1F. The number of ether oxygens (including phenoxy) is 1. The van der Waals surface area contributed by atoms with Crippen molar-refractivity contribution >= 4 is 12.1 Å². The molecule has 0 aliphatic carbocycles. The maximum absolute atomic E-state index is 15.6. The molecule has 1 amide bonds. The molecular formula is C35H24F11NO4. The third-order valence-electron chi connectivity index (χ3n) is 8.51. The molecule has 270 valence electrons. The Balaban J connectivity index is 1.63. The Morgan fingerprint density at radius 2 is 1.27 bits per heavy atom. The molecule has 1 heterocycles. The van der Waals surface area contributed by atoms with E-state index < -0.39 is 88.7 Å². The molecule has 0 unspecified atom stereocenters. The first-order valence-electron chi connectivity index (χ1n) is 14.8. The van der Waals surface area contributed by atoms with E-state index in [0.717, 1.165) is 11.0 Å². The van der Waals surface area contributed by atoms with E-state index in [-0.39, 0.29) is 45.0 Å². The maximum atomic E-state index is 15.6. The van der Waals surface area contributed by atoms with Crippen molar-refractivity contribution in [2.75, 3.05) is 0 Å². The molecule has 16 heteroatoms. The summed E-state index contributed by atoms with van der Waals surface area (Å²) in [5.74, 6) is -3.59. The fourth-order valence-corrected chi connectivity index (χ4v) is 6.07. The van der Waals surface area contributed by atoms with E-state index in [4.69, 9.17) is 4.74 Å². The lowest BCUT2D eigenvalue weighted by atomic mass is 9.89. The lowest BCUT2D eigenvalue weighted by Gasteiger charge is -2.25. The third kappa shape index (κ3) is 7.35. The van der Waals surface area contributed by atoms with Gasteiger partial charge in [0.25, 0.3) is 0 Å². The van der Waals surface area contributed by atoms with E-state index in [1.54, 1.807) is 0 Å². The highest BCUT2D eigenvalue weighted by atomic mass is 19.4. The van der Waals surface area contributed by atoms with Gasteiger partial charge in [-0.15, -0.1) is 0 Å². The largest absolute Gasteiger partial charge is 0.478 e. The molecule has 0 bridgehead atoms. The number of carbonyl (C=O) groups excluding carboxylic acids is 1. The molecule has 1 N–H and O–H groups in total. The minimum atomic E-state index is -5.22. The molecule has 0 saturated carbocycles. The number of halogens is 11. The van der Waals surface area contributed by atoms with Crippen LogP contribution in [0.15, 0.2) is 60.7 Å². The van der Waals surface area contributed by atoms with Crippen LogP contribution in [0.3, 0.4) is 0 Å². The van der Waals surface area contributed by atoms with Crippen LogP contribution in [0.4, 0.5) is 53.1 Å². The Kier molecular flexibility index (Phi) is 9.37. The third-order valence-corrected chi connectivity index (χ3v) is 8.51. The average Bonchev–Trinajstić information content (AvgIpc) is 3.28. The number of carboxylic acids is 1. The van der Waals surface area contributed by atoms with Crippen LogP contribution >= 0.6 is 0 Å². The summed E-state index contributed by atoms with van der Waals surface area (Å²) in [5.41, 5.74) is -6.44. The molecule has 1 aliphatic heterocycles. The molecule has 1 saturated heterocycles. The van der Waals surface area contributed by atoms with E-state index in [1.165, 1.54) is 39.0 Å². The van der Waals surface area contributed by atoms with Crippen LogP contribution in [-0.2, 0) is 29.8 Å². The van der Waals surface area contributed by atoms with Crippen LogP contribution in [0, 0.1) is 25.5 Å².